The van der Waals surface area contributed by atoms with Crippen molar-refractivity contribution >= 4 is 11.8 Å². The van der Waals surface area contributed by atoms with Gasteiger partial charge >= 0.3 is 6.09 Å². The van der Waals surface area contributed by atoms with Gasteiger partial charge in [0.15, 0.2) is 0 Å². The van der Waals surface area contributed by atoms with E-state index in [1.54, 1.807) is 18.2 Å². The quantitative estimate of drug-likeness (QED) is 0.631. The van der Waals surface area contributed by atoms with E-state index < -0.39 is 5.60 Å². The molecule has 1 fully saturated rings. The number of methoxy groups -OCH3 is 1. The first kappa shape index (κ1) is 22.9. The van der Waals surface area contributed by atoms with E-state index in [-0.39, 0.29) is 12.1 Å². The number of hydrogen-bond donors (Lipinski definition) is 0. The van der Waals surface area contributed by atoms with Gasteiger partial charge in [0.1, 0.15) is 11.3 Å². The molecule has 1 amide bonds. The lowest BCUT2D eigenvalue weighted by Gasteiger charge is -2.41. The van der Waals surface area contributed by atoms with E-state index in [1.807, 2.05) is 40.0 Å². The van der Waals surface area contributed by atoms with E-state index in [1.165, 1.54) is 5.56 Å². The Morgan fingerprint density at radius 3 is 2.29 bits per heavy atom. The molecule has 1 aromatic carbocycles. The molecule has 1 aromatic heterocycles. The minimum atomic E-state index is -0.480. The Morgan fingerprint density at radius 1 is 1.03 bits per heavy atom. The maximum atomic E-state index is 12.5. The van der Waals surface area contributed by atoms with Crippen LogP contribution in [0.2, 0.25) is 0 Å². The predicted octanol–water partition coefficient (Wildman–Crippen LogP) is 5.27. The Balaban J connectivity index is 1.73. The molecule has 0 saturated heterocycles. The number of hydrogen-bond acceptors (Lipinski definition) is 5. The van der Waals surface area contributed by atoms with Crippen LogP contribution in [0.5, 0.6) is 5.88 Å². The maximum absolute atomic E-state index is 12.5. The van der Waals surface area contributed by atoms with Crippen LogP contribution in [0.4, 0.5) is 10.5 Å². The van der Waals surface area contributed by atoms with Crippen LogP contribution in [0.3, 0.4) is 0 Å². The molecular formula is C25H35N3O3. The van der Waals surface area contributed by atoms with Crippen LogP contribution in [-0.2, 0) is 11.3 Å². The molecule has 0 unspecified atom stereocenters. The summed E-state index contributed by atoms with van der Waals surface area (Å²) >= 11 is 0. The summed E-state index contributed by atoms with van der Waals surface area (Å²) in [4.78, 5) is 21.1. The number of carbonyl (C=O) groups excluding carboxylic acids is 1. The number of benzene rings is 1. The van der Waals surface area contributed by atoms with Crippen molar-refractivity contribution in [3.8, 4) is 5.88 Å². The SMILES string of the molecule is COc1ncccc1N(Cc1ccccc1)C1CCC(N(C)C(=O)OC(C)(C)C)CC1. The van der Waals surface area contributed by atoms with Crippen LogP contribution < -0.4 is 9.64 Å². The number of rotatable bonds is 6. The van der Waals surface area contributed by atoms with Gasteiger partial charge in [-0.25, -0.2) is 9.78 Å². The first-order chi connectivity index (χ1) is 14.8. The molecule has 0 aliphatic heterocycles. The molecular weight excluding hydrogens is 390 g/mol. The lowest BCUT2D eigenvalue weighted by atomic mass is 9.89. The Hall–Kier alpha value is -2.76. The first-order valence-electron chi connectivity index (χ1n) is 11.0. The van der Waals surface area contributed by atoms with Gasteiger partial charge < -0.3 is 19.3 Å². The van der Waals surface area contributed by atoms with Crippen molar-refractivity contribution < 1.29 is 14.3 Å². The van der Waals surface area contributed by atoms with E-state index in [9.17, 15) is 4.79 Å². The summed E-state index contributed by atoms with van der Waals surface area (Å²) in [6, 6.07) is 15.1. The van der Waals surface area contributed by atoms with Crippen molar-refractivity contribution in [2.75, 3.05) is 19.1 Å². The summed E-state index contributed by atoms with van der Waals surface area (Å²) in [7, 11) is 3.52. The minimum absolute atomic E-state index is 0.195. The van der Waals surface area contributed by atoms with Crippen molar-refractivity contribution in [2.45, 2.75) is 70.7 Å². The van der Waals surface area contributed by atoms with Gasteiger partial charge in [-0.05, 0) is 64.2 Å². The third-order valence-corrected chi connectivity index (χ3v) is 5.79. The molecule has 31 heavy (non-hydrogen) atoms. The molecule has 0 atom stereocenters. The fourth-order valence-corrected chi connectivity index (χ4v) is 4.19. The van der Waals surface area contributed by atoms with Gasteiger partial charge in [-0.15, -0.1) is 0 Å². The molecule has 1 aliphatic rings. The van der Waals surface area contributed by atoms with Gasteiger partial charge in [-0.2, -0.15) is 0 Å². The Morgan fingerprint density at radius 2 is 1.68 bits per heavy atom. The van der Waals surface area contributed by atoms with Crippen LogP contribution in [0.25, 0.3) is 0 Å². The zero-order valence-corrected chi connectivity index (χ0v) is 19.4. The topological polar surface area (TPSA) is 54.9 Å². The summed E-state index contributed by atoms with van der Waals surface area (Å²) in [6.45, 7) is 6.50. The molecule has 0 radical (unpaired) electrons. The van der Waals surface area contributed by atoms with Gasteiger partial charge in [0, 0.05) is 31.9 Å². The molecule has 3 rings (SSSR count). The number of pyridine rings is 1. The molecule has 1 aliphatic carbocycles. The van der Waals surface area contributed by atoms with Crippen molar-refractivity contribution in [3.05, 3.63) is 54.2 Å². The second kappa shape index (κ2) is 10.0. The fourth-order valence-electron chi connectivity index (χ4n) is 4.19. The first-order valence-corrected chi connectivity index (χ1v) is 11.0. The molecule has 6 heteroatoms. The lowest BCUT2D eigenvalue weighted by molar-refractivity contribution is 0.0182. The maximum Gasteiger partial charge on any atom is 0.410 e. The van der Waals surface area contributed by atoms with Crippen molar-refractivity contribution in [1.82, 2.24) is 9.88 Å². The van der Waals surface area contributed by atoms with Crippen LogP contribution in [-0.4, -0.2) is 47.8 Å². The Labute approximate surface area is 186 Å². The van der Waals surface area contributed by atoms with Gasteiger partial charge in [-0.1, -0.05) is 30.3 Å². The van der Waals surface area contributed by atoms with Crippen LogP contribution in [0.1, 0.15) is 52.0 Å². The number of aromatic nitrogens is 1. The zero-order valence-electron chi connectivity index (χ0n) is 19.4. The predicted molar refractivity (Wildman–Crippen MR) is 123 cm³/mol. The summed E-state index contributed by atoms with van der Waals surface area (Å²) in [5, 5.41) is 0. The van der Waals surface area contributed by atoms with Gasteiger partial charge in [-0.3, -0.25) is 0 Å². The van der Waals surface area contributed by atoms with Crippen molar-refractivity contribution in [2.24, 2.45) is 0 Å². The normalized spacial score (nSPS) is 18.9. The highest BCUT2D eigenvalue weighted by Crippen LogP contribution is 2.34. The average Bonchev–Trinajstić information content (AvgIpc) is 2.76. The molecule has 6 nitrogen and oxygen atoms in total. The Bertz CT molecular complexity index is 843. The molecule has 0 N–H and O–H groups in total. The smallest absolute Gasteiger partial charge is 0.410 e. The minimum Gasteiger partial charge on any atom is -0.480 e. The van der Waals surface area contributed by atoms with E-state index >= 15 is 0 Å². The third-order valence-electron chi connectivity index (χ3n) is 5.79. The van der Waals surface area contributed by atoms with Crippen LogP contribution >= 0.6 is 0 Å². The second-order valence-corrected chi connectivity index (χ2v) is 9.20. The third kappa shape index (κ3) is 6.12. The fraction of sp³-hybridized carbons (Fsp3) is 0.520. The highest BCUT2D eigenvalue weighted by Gasteiger charge is 2.32. The highest BCUT2D eigenvalue weighted by molar-refractivity contribution is 5.68. The molecule has 1 heterocycles. The second-order valence-electron chi connectivity index (χ2n) is 9.20. The molecule has 2 aromatic rings. The number of carbonyl (C=O) groups is 1. The Kier molecular flexibility index (Phi) is 7.42. The van der Waals surface area contributed by atoms with E-state index in [0.29, 0.717) is 11.9 Å². The van der Waals surface area contributed by atoms with Gasteiger partial charge in [0.05, 0.1) is 7.11 Å². The monoisotopic (exact) mass is 425 g/mol. The highest BCUT2D eigenvalue weighted by atomic mass is 16.6. The standard InChI is InChI=1S/C25H35N3O3/c1-25(2,3)31-24(29)27(4)20-13-15-21(16-14-20)28(18-19-10-7-6-8-11-19)22-12-9-17-26-23(22)30-5/h6-12,17,20-21H,13-16,18H2,1-5H3. The zero-order chi connectivity index (χ0) is 22.4. The lowest BCUT2D eigenvalue weighted by Crippen LogP contribution is -2.46. The van der Waals surface area contributed by atoms with E-state index in [4.69, 9.17) is 9.47 Å². The van der Waals surface area contributed by atoms with Crippen LogP contribution in [0, 0.1) is 0 Å². The summed E-state index contributed by atoms with van der Waals surface area (Å²) in [5.41, 5.74) is 1.78. The summed E-state index contributed by atoms with van der Waals surface area (Å²) in [6.07, 6.45) is 5.37. The van der Waals surface area contributed by atoms with Crippen molar-refractivity contribution in [1.29, 1.82) is 0 Å². The molecule has 0 spiro atoms. The number of amides is 1. The number of ether oxygens (including phenoxy) is 2. The largest absolute Gasteiger partial charge is 0.480 e. The number of anilines is 1. The van der Waals surface area contributed by atoms with E-state index in [2.05, 4.69) is 40.2 Å². The van der Waals surface area contributed by atoms with Gasteiger partial charge in [0.25, 0.3) is 0 Å². The summed E-state index contributed by atoms with van der Waals surface area (Å²) in [5.74, 6) is 0.645. The van der Waals surface area contributed by atoms with Crippen molar-refractivity contribution in [3.63, 3.8) is 0 Å². The molecule has 1 saturated carbocycles. The van der Waals surface area contributed by atoms with E-state index in [0.717, 1.165) is 37.9 Å². The molecule has 168 valence electrons. The van der Waals surface area contributed by atoms with Gasteiger partial charge in [0.2, 0.25) is 5.88 Å². The van der Waals surface area contributed by atoms with Crippen LogP contribution in [0.15, 0.2) is 48.7 Å². The number of nitrogens with zero attached hydrogens (tertiary/aromatic N) is 3. The average molecular weight is 426 g/mol. The molecule has 0 bridgehead atoms. The summed E-state index contributed by atoms with van der Waals surface area (Å²) < 4.78 is 11.1.